The molecule has 0 aliphatic rings. The molecule has 10 nitrogen and oxygen atoms in total. The van der Waals surface area contributed by atoms with Gasteiger partial charge in [-0.25, -0.2) is 12.6 Å². The van der Waals surface area contributed by atoms with Crippen molar-refractivity contribution in [1.29, 1.82) is 0 Å². The predicted octanol–water partition coefficient (Wildman–Crippen LogP) is -5.87. The number of hydrogen-bond donors (Lipinski definition) is 0. The molecule has 0 atom stereocenters. The molecule has 0 aliphatic heterocycles. The Kier molecular flexibility index (Phi) is 36.8. The zero-order valence-electron chi connectivity index (χ0n) is 8.76. The summed E-state index contributed by atoms with van der Waals surface area (Å²) in [5.74, 6) is 0. The molecular weight excluding hydrogens is 438 g/mol. The van der Waals surface area contributed by atoms with Crippen molar-refractivity contribution in [3.8, 4) is 0 Å². The fourth-order valence-corrected chi connectivity index (χ4v) is 0. The van der Waals surface area contributed by atoms with E-state index in [-0.39, 0.29) is 69.9 Å². The van der Waals surface area contributed by atoms with Crippen LogP contribution in [0.1, 0.15) is 0 Å². The van der Waals surface area contributed by atoms with Crippen LogP contribution >= 0.6 is 23.7 Å². The summed E-state index contributed by atoms with van der Waals surface area (Å²) >= 11 is 0. The molecule has 0 aromatic carbocycles. The number of rotatable bonds is 0. The van der Waals surface area contributed by atoms with Crippen LogP contribution in [0.15, 0.2) is 0 Å². The van der Waals surface area contributed by atoms with Crippen LogP contribution in [0.4, 0.5) is 21.6 Å². The van der Waals surface area contributed by atoms with Gasteiger partial charge in [-0.1, -0.05) is 0 Å². The average molecular weight is 438 g/mol. The number of hydrogen-bond acceptors (Lipinski definition) is 10. The summed E-state index contributed by atoms with van der Waals surface area (Å²) in [6.45, 7) is 0. The quantitative estimate of drug-likeness (QED) is 0.199. The third-order valence-corrected chi connectivity index (χ3v) is 0. The molecule has 0 aromatic rings. The third-order valence-electron chi connectivity index (χ3n) is 0. The first kappa shape index (κ1) is 38.1. The average Bonchev–Trinajstić information content (AvgIpc) is 1.71. The van der Waals surface area contributed by atoms with E-state index < -0.39 is 23.7 Å². The summed E-state index contributed by atoms with van der Waals surface area (Å²) in [5, 5.41) is 1.25. The van der Waals surface area contributed by atoms with Crippen molar-refractivity contribution in [2.45, 2.75) is 0 Å². The van der Waals surface area contributed by atoms with E-state index in [4.69, 9.17) is 52.1 Å². The van der Waals surface area contributed by atoms with Crippen molar-refractivity contribution in [3.05, 3.63) is 0 Å². The second-order valence-electron chi connectivity index (χ2n) is 1.35. The van der Waals surface area contributed by atoms with Crippen LogP contribution in [0.5, 0.6) is 0 Å². The van der Waals surface area contributed by atoms with Gasteiger partial charge in [-0.2, -0.15) is 0 Å². The normalized spacial score (nSPS) is 9.75. The molecule has 0 aliphatic carbocycles. The Morgan fingerprint density at radius 3 is 0.650 bits per heavy atom. The van der Waals surface area contributed by atoms with Crippen LogP contribution in [-0.2, 0) is 37.4 Å². The Morgan fingerprint density at radius 1 is 0.650 bits per heavy atom. The molecule has 0 fully saturated rings. The first-order valence-corrected chi connectivity index (χ1v) is 6.76. The predicted molar refractivity (Wildman–Crippen MR) is 29.4 cm³/mol. The van der Waals surface area contributed by atoms with E-state index in [0.717, 1.165) is 0 Å². The Morgan fingerprint density at radius 2 is 0.650 bits per heavy atom. The fourth-order valence-electron chi connectivity index (χ4n) is 0. The smallest absolute Gasteiger partial charge is 0.786 e. The molecule has 0 bridgehead atoms. The van der Waals surface area contributed by atoms with E-state index in [9.17, 15) is 12.6 Å². The van der Waals surface area contributed by atoms with Crippen molar-refractivity contribution >= 4 is 23.7 Å². The molecule has 0 radical (unpaired) electrons. The van der Waals surface area contributed by atoms with Gasteiger partial charge in [0.1, 0.15) is 23.7 Å². The minimum Gasteiger partial charge on any atom is -0.786 e. The molecule has 0 spiro atoms. The van der Waals surface area contributed by atoms with Gasteiger partial charge in [0.05, 0.1) is 0 Å². The van der Waals surface area contributed by atoms with E-state index in [1.54, 1.807) is 0 Å². The second kappa shape index (κ2) is 19.3. The maximum absolute atomic E-state index is 10.1. The van der Waals surface area contributed by atoms with Gasteiger partial charge in [0.25, 0.3) is 0 Å². The zero-order chi connectivity index (χ0) is 16.2. The third kappa shape index (κ3) is 1450. The molecule has 0 heterocycles. The first-order valence-electron chi connectivity index (χ1n) is 2.46. The minimum atomic E-state index is -5.64. The minimum absolute atomic E-state index is 0. The first-order chi connectivity index (χ1) is 7.41. The molecule has 0 rings (SSSR count). The van der Waals surface area contributed by atoms with Crippen LogP contribution in [-0.4, -0.2) is 0 Å². The van der Waals surface area contributed by atoms with Gasteiger partial charge in [-0.05, 0) is 9.05 Å². The molecule has 0 unspecified atom stereocenters. The van der Waals surface area contributed by atoms with Gasteiger partial charge in [0.2, 0.25) is 0 Å². The molecule has 0 amide bonds. The molecule has 0 N–H and O–H groups in total. The van der Waals surface area contributed by atoms with Crippen LogP contribution in [0.3, 0.4) is 0 Å². The van der Waals surface area contributed by atoms with Gasteiger partial charge in [-0.3, -0.25) is 0 Å². The van der Waals surface area contributed by atoms with E-state index >= 15 is 0 Å². The van der Waals surface area contributed by atoms with E-state index in [1.807, 2.05) is 0 Å². The molecule has 20 heteroatoms. The fraction of sp³-hybridized carbons (Fsp3) is 0. The molecule has 116 valence electrons. The van der Waals surface area contributed by atoms with Crippen molar-refractivity contribution in [2.75, 3.05) is 0 Å². The van der Waals surface area contributed by atoms with E-state index in [2.05, 4.69) is 0 Å². The van der Waals surface area contributed by atoms with Gasteiger partial charge >= 0.3 is 69.9 Å². The summed E-state index contributed by atoms with van der Waals surface area (Å²) in [7, 11) is -16.9. The van der Waals surface area contributed by atoms with Crippen LogP contribution < -0.4 is 80.7 Å². The molecule has 20 heavy (non-hydrogen) atoms. The van der Waals surface area contributed by atoms with Crippen LogP contribution in [0.2, 0.25) is 0 Å². The summed E-state index contributed by atoms with van der Waals surface area (Å²) in [6.07, 6.45) is 0. The maximum Gasteiger partial charge on any atom is 5.00 e. The Hall–Kier alpha value is 2.28. The SMILES string of the molecule is FOF.O=P([O-])([O-])F.O=P([O-])([O-])F.O=P([O-])([O-])F.[K+].[V+5]. The monoisotopic (exact) mass is 438 g/mol. The molecule has 0 saturated carbocycles. The summed E-state index contributed by atoms with van der Waals surface area (Å²) in [6, 6.07) is 0. The summed E-state index contributed by atoms with van der Waals surface area (Å²) in [5.41, 5.74) is 0. The summed E-state index contributed by atoms with van der Waals surface area (Å²) in [4.78, 5) is 50.6. The Bertz CT molecular complexity index is 236. The maximum atomic E-state index is 10.1. The van der Waals surface area contributed by atoms with Crippen molar-refractivity contribution < 1.29 is 140 Å². The van der Waals surface area contributed by atoms with Crippen LogP contribution in [0.25, 0.3) is 0 Å². The Balaban J connectivity index is -0.0000000321. The Labute approximate surface area is 162 Å². The largest absolute Gasteiger partial charge is 5.00 e. The van der Waals surface area contributed by atoms with Crippen LogP contribution in [0, 0.1) is 0 Å². The van der Waals surface area contributed by atoms with Crippen molar-refractivity contribution in [1.82, 2.24) is 0 Å². The molecule has 0 saturated heterocycles. The van der Waals surface area contributed by atoms with Gasteiger partial charge in [0, 0.05) is 5.15 Å². The van der Waals surface area contributed by atoms with Crippen molar-refractivity contribution in [3.63, 3.8) is 0 Å². The van der Waals surface area contributed by atoms with Gasteiger partial charge in [0.15, 0.2) is 0 Å². The van der Waals surface area contributed by atoms with Gasteiger partial charge in [-0.15, -0.1) is 0 Å². The van der Waals surface area contributed by atoms with E-state index in [0.29, 0.717) is 0 Å². The van der Waals surface area contributed by atoms with Gasteiger partial charge < -0.3 is 43.1 Å². The number of halogens is 5. The molecule has 0 aromatic heterocycles. The van der Waals surface area contributed by atoms with E-state index in [1.165, 1.54) is 5.15 Å². The second-order valence-corrected chi connectivity index (χ2v) is 3.93. The summed E-state index contributed by atoms with van der Waals surface area (Å²) < 4.78 is 74.0. The topological polar surface area (TPSA) is 199 Å². The standard InChI is InChI=1S/F2O.3FH2O3P.K.V/c1-3-2;3*1-5(2,3)4;;/h;3*(H2,2,3,4);;/q;;;;+1;+5/p-6. The molecular formula is F5KO10P3V. The zero-order valence-corrected chi connectivity index (χ0v) is 16.0. The van der Waals surface area contributed by atoms with Crippen molar-refractivity contribution in [2.24, 2.45) is 0 Å².